The number of hydrogen-bond acceptors (Lipinski definition) is 5. The minimum Gasteiger partial charge on any atom is -0.509 e. The van der Waals surface area contributed by atoms with Crippen LogP contribution in [0.2, 0.25) is 0 Å². The van der Waals surface area contributed by atoms with Crippen molar-refractivity contribution in [1.29, 1.82) is 0 Å². The van der Waals surface area contributed by atoms with Crippen LogP contribution in [0, 0.1) is 19.1 Å². The zero-order chi connectivity index (χ0) is 38.0. The number of nitrogens with zero attached hydrogens (tertiary/aromatic N) is 4. The maximum atomic E-state index is 6.58. The van der Waals surface area contributed by atoms with E-state index in [1.54, 1.807) is 0 Å². The van der Waals surface area contributed by atoms with Crippen molar-refractivity contribution in [1.82, 2.24) is 19.3 Å². The second kappa shape index (κ2) is 16.3. The number of pyridine rings is 1. The van der Waals surface area contributed by atoms with Crippen LogP contribution >= 0.6 is 0 Å². The number of fused-ring (bicyclic) bond motifs is 3. The van der Waals surface area contributed by atoms with Gasteiger partial charge in [0.15, 0.2) is 0 Å². The van der Waals surface area contributed by atoms with Crippen molar-refractivity contribution in [3.63, 3.8) is 0 Å². The van der Waals surface area contributed by atoms with E-state index in [0.717, 1.165) is 72.9 Å². The van der Waals surface area contributed by atoms with Gasteiger partial charge >= 0.3 is 20.4 Å². The largest absolute Gasteiger partial charge is 2.00 e. The van der Waals surface area contributed by atoms with Crippen LogP contribution in [0.5, 0.6) is 34.5 Å². The van der Waals surface area contributed by atoms with E-state index in [9.17, 15) is 0 Å². The molecule has 0 unspecified atom stereocenters. The van der Waals surface area contributed by atoms with Gasteiger partial charge in [0.2, 0.25) is 0 Å². The Morgan fingerprint density at radius 3 is 1.95 bits per heavy atom. The molecule has 57 heavy (non-hydrogen) atoms. The van der Waals surface area contributed by atoms with Crippen LogP contribution in [-0.4, -0.2) is 19.3 Å². The molecule has 0 N–H and O–H groups in total. The average Bonchev–Trinajstić information content (AvgIpc) is 3.77. The molecular weight excluding hydrogens is 799 g/mol. The Morgan fingerprint density at radius 2 is 1.26 bits per heavy atom. The summed E-state index contributed by atoms with van der Waals surface area (Å²) >= 11 is 0. The summed E-state index contributed by atoms with van der Waals surface area (Å²) in [6, 6.07) is 55.0. The van der Waals surface area contributed by atoms with E-state index >= 15 is 0 Å². The zero-order valence-corrected chi connectivity index (χ0v) is 33.2. The summed E-state index contributed by atoms with van der Waals surface area (Å²) in [6.45, 7) is 6.33. The maximum absolute atomic E-state index is 6.58. The molecule has 0 aliphatic carbocycles. The van der Waals surface area contributed by atoms with Crippen molar-refractivity contribution in [2.45, 2.75) is 33.6 Å². The minimum absolute atomic E-state index is 0. The summed E-state index contributed by atoms with van der Waals surface area (Å²) < 4.78 is 23.8. The van der Waals surface area contributed by atoms with Gasteiger partial charge < -0.3 is 18.8 Å². The molecule has 0 aliphatic heterocycles. The minimum atomic E-state index is 0. The Kier molecular flexibility index (Phi) is 10.7. The number of para-hydroxylation sites is 3. The predicted octanol–water partition coefficient (Wildman–Crippen LogP) is 12.4. The fourth-order valence-electron chi connectivity index (χ4n) is 7.28. The maximum Gasteiger partial charge on any atom is 2.00 e. The number of rotatable bonds is 11. The molecule has 282 valence electrons. The van der Waals surface area contributed by atoms with Crippen LogP contribution in [0.1, 0.15) is 30.8 Å². The zero-order valence-electron chi connectivity index (χ0n) is 31.7. The van der Waals surface area contributed by atoms with Gasteiger partial charge in [-0.1, -0.05) is 80.0 Å². The molecule has 3 aromatic heterocycles. The quantitative estimate of drug-likeness (QED) is 0.0959. The van der Waals surface area contributed by atoms with Gasteiger partial charge in [0, 0.05) is 34.5 Å². The molecule has 3 heterocycles. The molecule has 0 bridgehead atoms. The molecule has 0 radical (unpaired) electrons. The summed E-state index contributed by atoms with van der Waals surface area (Å²) in [6.07, 6.45) is 3.22. The molecule has 0 amide bonds. The first-order chi connectivity index (χ1) is 27.6. The molecule has 6 aromatic carbocycles. The molecule has 0 saturated carbocycles. The number of hydrogen-bond donors (Lipinski definition) is 0. The number of benzene rings is 6. The molecular formula is C49H38N4O3Pd. The van der Waals surface area contributed by atoms with Crippen LogP contribution in [-0.2, 0) is 33.3 Å². The SMILES string of the molecule is CCc1nn(-c2[c-]c(Oc3[c-]c4c(cc3)c3ccccc3n4-c3cc(C)ccn3)ccc2)c(CC)c1-c1c(Oc2ccccc2)cccc1Oc1ccccc1.[Pd+2]. The van der Waals surface area contributed by atoms with Crippen LogP contribution in [0.25, 0.3) is 44.4 Å². The summed E-state index contributed by atoms with van der Waals surface area (Å²) in [4.78, 5) is 4.72. The Labute approximate surface area is 345 Å². The molecule has 0 spiro atoms. The molecule has 0 fully saturated rings. The van der Waals surface area contributed by atoms with Crippen molar-refractivity contribution in [2.24, 2.45) is 0 Å². The van der Waals surface area contributed by atoms with E-state index < -0.39 is 0 Å². The molecule has 0 saturated heterocycles. The number of aromatic nitrogens is 4. The third kappa shape index (κ3) is 7.34. The third-order valence-electron chi connectivity index (χ3n) is 9.79. The van der Waals surface area contributed by atoms with Gasteiger partial charge in [0.05, 0.1) is 11.3 Å². The molecule has 8 heteroatoms. The number of aryl methyl sites for hydroxylation is 2. The van der Waals surface area contributed by atoms with Crippen molar-refractivity contribution >= 4 is 21.8 Å². The first-order valence-electron chi connectivity index (χ1n) is 18.9. The second-order valence-corrected chi connectivity index (χ2v) is 13.5. The first-order valence-corrected chi connectivity index (χ1v) is 18.9. The van der Waals surface area contributed by atoms with Gasteiger partial charge in [-0.15, -0.1) is 35.7 Å². The summed E-state index contributed by atoms with van der Waals surface area (Å²) in [5, 5.41) is 7.41. The van der Waals surface area contributed by atoms with Crippen LogP contribution in [0.15, 0.2) is 152 Å². The van der Waals surface area contributed by atoms with Crippen LogP contribution in [0.4, 0.5) is 0 Å². The van der Waals surface area contributed by atoms with E-state index in [4.69, 9.17) is 24.3 Å². The van der Waals surface area contributed by atoms with Crippen LogP contribution < -0.4 is 14.2 Å². The molecule has 0 atom stereocenters. The third-order valence-corrected chi connectivity index (χ3v) is 9.79. The van der Waals surface area contributed by atoms with Gasteiger partial charge in [-0.2, -0.15) is 17.2 Å². The van der Waals surface area contributed by atoms with E-state index in [2.05, 4.69) is 67.8 Å². The smallest absolute Gasteiger partial charge is 0.509 e. The topological polar surface area (TPSA) is 63.3 Å². The van der Waals surface area contributed by atoms with Crippen molar-refractivity contribution < 1.29 is 34.6 Å². The summed E-state index contributed by atoms with van der Waals surface area (Å²) in [7, 11) is 0. The Morgan fingerprint density at radius 1 is 0.596 bits per heavy atom. The van der Waals surface area contributed by atoms with E-state index in [-0.39, 0.29) is 20.4 Å². The fourth-order valence-corrected chi connectivity index (χ4v) is 7.28. The fraction of sp³-hybridized carbons (Fsp3) is 0.102. The van der Waals surface area contributed by atoms with E-state index in [1.807, 2.05) is 126 Å². The van der Waals surface area contributed by atoms with Crippen LogP contribution in [0.3, 0.4) is 0 Å². The van der Waals surface area contributed by atoms with E-state index in [0.29, 0.717) is 35.8 Å². The number of ether oxygens (including phenoxy) is 3. The normalized spacial score (nSPS) is 11.1. The van der Waals surface area contributed by atoms with Crippen molar-refractivity contribution in [3.8, 4) is 57.1 Å². The summed E-state index contributed by atoms with van der Waals surface area (Å²) in [5.41, 5.74) is 7.57. The predicted molar refractivity (Wildman–Crippen MR) is 222 cm³/mol. The molecule has 0 aliphatic rings. The van der Waals surface area contributed by atoms with Gasteiger partial charge in [-0.3, -0.25) is 4.68 Å². The molecule has 7 nitrogen and oxygen atoms in total. The Bertz CT molecular complexity index is 2770. The van der Waals surface area contributed by atoms with Crippen molar-refractivity contribution in [2.75, 3.05) is 0 Å². The van der Waals surface area contributed by atoms with Gasteiger partial charge in [-0.25, -0.2) is 4.98 Å². The Balaban J connectivity index is 0.00000455. The Hall–Kier alpha value is -6.46. The average molecular weight is 837 g/mol. The van der Waals surface area contributed by atoms with Gasteiger partial charge in [0.1, 0.15) is 28.8 Å². The molecule has 9 rings (SSSR count). The first kappa shape index (κ1) is 37.5. The monoisotopic (exact) mass is 836 g/mol. The standard InChI is InChI=1S/C49H38N4O3.Pd/c1-4-41-48(49-45(55-35-17-8-6-9-18-35)24-15-25-46(49)56-36-19-10-7-11-20-36)42(5-2)53(51-41)34-16-14-21-37(31-34)54-38-26-27-40-39-22-12-13-23-43(39)52(44(40)32-38)47-30-33(3)28-29-50-47;/h6-30H,4-5H2,1-3H3;/q-2;+2. The van der Waals surface area contributed by atoms with Gasteiger partial charge in [0.25, 0.3) is 0 Å². The second-order valence-electron chi connectivity index (χ2n) is 13.5. The summed E-state index contributed by atoms with van der Waals surface area (Å²) in [5.74, 6) is 4.78. The van der Waals surface area contributed by atoms with Gasteiger partial charge in [-0.05, 0) is 91.0 Å². The van der Waals surface area contributed by atoms with E-state index in [1.165, 1.54) is 0 Å². The molecule has 9 aromatic rings. The van der Waals surface area contributed by atoms with Crippen molar-refractivity contribution in [3.05, 3.63) is 181 Å².